The van der Waals surface area contributed by atoms with E-state index < -0.39 is 0 Å². The van der Waals surface area contributed by atoms with Crippen molar-refractivity contribution in [2.45, 2.75) is 6.54 Å². The van der Waals surface area contributed by atoms with Crippen LogP contribution < -0.4 is 5.32 Å². The number of nitrogens with one attached hydrogen (secondary N) is 1. The van der Waals surface area contributed by atoms with E-state index in [1.165, 1.54) is 5.56 Å². The first kappa shape index (κ1) is 16.4. The fraction of sp³-hybridized carbons (Fsp3) is 0.368. The highest BCUT2D eigenvalue weighted by atomic mass is 32.1. The fourth-order valence-electron chi connectivity index (χ4n) is 3.26. The standard InChI is InChI=1S/C19H23N5S/c1-2-4-16(5-3-1)14-24-11-9-23(10-12-24)8-7-20-19-18-17(6-13-25-18)21-15-22-19/h1-6,13,15H,7-12,14H2,(H,20,21,22). The van der Waals surface area contributed by atoms with Crippen molar-refractivity contribution in [1.29, 1.82) is 0 Å². The zero-order chi connectivity index (χ0) is 16.9. The van der Waals surface area contributed by atoms with Gasteiger partial charge in [0.05, 0.1) is 10.2 Å². The van der Waals surface area contributed by atoms with E-state index in [9.17, 15) is 0 Å². The number of fused-ring (bicyclic) bond motifs is 1. The van der Waals surface area contributed by atoms with Gasteiger partial charge < -0.3 is 5.32 Å². The van der Waals surface area contributed by atoms with Crippen molar-refractivity contribution >= 4 is 27.4 Å². The zero-order valence-electron chi connectivity index (χ0n) is 14.3. The molecule has 1 saturated heterocycles. The third-order valence-corrected chi connectivity index (χ3v) is 5.59. The van der Waals surface area contributed by atoms with Gasteiger partial charge in [0.25, 0.3) is 0 Å². The van der Waals surface area contributed by atoms with E-state index >= 15 is 0 Å². The summed E-state index contributed by atoms with van der Waals surface area (Å²) in [6, 6.07) is 12.8. The van der Waals surface area contributed by atoms with Crippen LogP contribution >= 0.6 is 11.3 Å². The number of benzene rings is 1. The van der Waals surface area contributed by atoms with Gasteiger partial charge >= 0.3 is 0 Å². The third kappa shape index (κ3) is 4.15. The second-order valence-corrected chi connectivity index (χ2v) is 7.30. The Balaban J connectivity index is 1.22. The van der Waals surface area contributed by atoms with Gasteiger partial charge in [0.2, 0.25) is 0 Å². The quantitative estimate of drug-likeness (QED) is 0.738. The summed E-state index contributed by atoms with van der Waals surface area (Å²) >= 11 is 1.69. The van der Waals surface area contributed by atoms with Crippen LogP contribution in [0.3, 0.4) is 0 Å². The first-order valence-electron chi connectivity index (χ1n) is 8.79. The smallest absolute Gasteiger partial charge is 0.147 e. The lowest BCUT2D eigenvalue weighted by atomic mass is 10.2. The molecule has 0 amide bonds. The fourth-order valence-corrected chi connectivity index (χ4v) is 4.07. The molecule has 0 bridgehead atoms. The van der Waals surface area contributed by atoms with E-state index in [0.29, 0.717) is 0 Å². The van der Waals surface area contributed by atoms with Gasteiger partial charge in [0.1, 0.15) is 12.1 Å². The first-order valence-corrected chi connectivity index (χ1v) is 9.67. The number of nitrogens with zero attached hydrogens (tertiary/aromatic N) is 4. The molecule has 1 fully saturated rings. The first-order chi connectivity index (χ1) is 12.4. The molecule has 1 N–H and O–H groups in total. The van der Waals surface area contributed by atoms with Crippen LogP contribution in [0, 0.1) is 0 Å². The zero-order valence-corrected chi connectivity index (χ0v) is 15.1. The lowest BCUT2D eigenvalue weighted by Crippen LogP contribution is -2.47. The molecule has 0 spiro atoms. The lowest BCUT2D eigenvalue weighted by molar-refractivity contribution is 0.130. The van der Waals surface area contributed by atoms with Crippen molar-refractivity contribution in [3.63, 3.8) is 0 Å². The molecule has 2 aromatic heterocycles. The van der Waals surface area contributed by atoms with Gasteiger partial charge in [-0.1, -0.05) is 30.3 Å². The summed E-state index contributed by atoms with van der Waals surface area (Å²) in [6.45, 7) is 7.57. The maximum Gasteiger partial charge on any atom is 0.147 e. The second kappa shape index (κ2) is 7.91. The molecular weight excluding hydrogens is 330 g/mol. The van der Waals surface area contributed by atoms with E-state index in [4.69, 9.17) is 0 Å². The van der Waals surface area contributed by atoms with Crippen LogP contribution in [0.2, 0.25) is 0 Å². The highest BCUT2D eigenvalue weighted by molar-refractivity contribution is 7.17. The Morgan fingerprint density at radius 2 is 1.76 bits per heavy atom. The van der Waals surface area contributed by atoms with Crippen molar-refractivity contribution in [3.8, 4) is 0 Å². The largest absolute Gasteiger partial charge is 0.367 e. The molecule has 1 aromatic carbocycles. The molecule has 0 unspecified atom stereocenters. The average molecular weight is 353 g/mol. The third-order valence-electron chi connectivity index (χ3n) is 4.68. The van der Waals surface area contributed by atoms with Gasteiger partial charge in [-0.25, -0.2) is 9.97 Å². The SMILES string of the molecule is c1ccc(CN2CCN(CCNc3ncnc4ccsc34)CC2)cc1. The van der Waals surface area contributed by atoms with Crippen LogP contribution in [0.4, 0.5) is 5.82 Å². The summed E-state index contributed by atoms with van der Waals surface area (Å²) in [4.78, 5) is 13.7. The van der Waals surface area contributed by atoms with Gasteiger partial charge in [-0.15, -0.1) is 11.3 Å². The number of hydrogen-bond acceptors (Lipinski definition) is 6. The van der Waals surface area contributed by atoms with Crippen molar-refractivity contribution in [2.75, 3.05) is 44.6 Å². The minimum absolute atomic E-state index is 0.919. The van der Waals surface area contributed by atoms with Crippen LogP contribution in [0.15, 0.2) is 48.1 Å². The van der Waals surface area contributed by atoms with Crippen molar-refractivity contribution in [3.05, 3.63) is 53.7 Å². The Labute approximate surface area is 152 Å². The minimum atomic E-state index is 0.919. The summed E-state index contributed by atoms with van der Waals surface area (Å²) in [5.74, 6) is 0.961. The molecule has 0 radical (unpaired) electrons. The summed E-state index contributed by atoms with van der Waals surface area (Å²) in [6.07, 6.45) is 1.64. The predicted octanol–water partition coefficient (Wildman–Crippen LogP) is 2.92. The van der Waals surface area contributed by atoms with E-state index in [1.54, 1.807) is 17.7 Å². The van der Waals surface area contributed by atoms with Gasteiger partial charge in [-0.2, -0.15) is 0 Å². The molecule has 4 rings (SSSR count). The van der Waals surface area contributed by atoms with Gasteiger partial charge in [0.15, 0.2) is 0 Å². The van der Waals surface area contributed by atoms with E-state index in [0.717, 1.165) is 61.8 Å². The number of rotatable bonds is 6. The number of aromatic nitrogens is 2. The van der Waals surface area contributed by atoms with Crippen LogP contribution in [-0.4, -0.2) is 59.0 Å². The van der Waals surface area contributed by atoms with Gasteiger partial charge in [0, 0.05) is 45.8 Å². The van der Waals surface area contributed by atoms with E-state index in [1.807, 2.05) is 6.07 Å². The highest BCUT2D eigenvalue weighted by Gasteiger charge is 2.16. The van der Waals surface area contributed by atoms with Crippen molar-refractivity contribution in [1.82, 2.24) is 19.8 Å². The molecule has 1 aliphatic heterocycles. The second-order valence-electron chi connectivity index (χ2n) is 6.39. The summed E-state index contributed by atoms with van der Waals surface area (Å²) in [5, 5.41) is 5.54. The molecule has 0 atom stereocenters. The summed E-state index contributed by atoms with van der Waals surface area (Å²) in [5.41, 5.74) is 2.43. The summed E-state index contributed by atoms with van der Waals surface area (Å²) in [7, 11) is 0. The van der Waals surface area contributed by atoms with Crippen LogP contribution in [0.25, 0.3) is 10.2 Å². The highest BCUT2D eigenvalue weighted by Crippen LogP contribution is 2.24. The van der Waals surface area contributed by atoms with Crippen molar-refractivity contribution in [2.24, 2.45) is 0 Å². The number of thiophene rings is 1. The normalized spacial score (nSPS) is 16.3. The molecule has 1 aliphatic rings. The number of piperazine rings is 1. The Kier molecular flexibility index (Phi) is 5.20. The Hall–Kier alpha value is -2.02. The van der Waals surface area contributed by atoms with E-state index in [2.05, 4.69) is 60.8 Å². The molecule has 3 heterocycles. The topological polar surface area (TPSA) is 44.3 Å². The Bertz CT molecular complexity index is 796. The van der Waals surface area contributed by atoms with Crippen molar-refractivity contribution < 1.29 is 0 Å². The van der Waals surface area contributed by atoms with Gasteiger partial charge in [-0.05, 0) is 17.0 Å². The van der Waals surface area contributed by atoms with Crippen LogP contribution in [-0.2, 0) is 6.54 Å². The maximum atomic E-state index is 4.38. The van der Waals surface area contributed by atoms with Gasteiger partial charge in [-0.3, -0.25) is 9.80 Å². The average Bonchev–Trinajstić information content (AvgIpc) is 3.14. The van der Waals surface area contributed by atoms with E-state index in [-0.39, 0.29) is 0 Å². The molecule has 130 valence electrons. The molecule has 5 nitrogen and oxygen atoms in total. The molecule has 0 saturated carbocycles. The van der Waals surface area contributed by atoms with Crippen LogP contribution in [0.5, 0.6) is 0 Å². The molecule has 6 heteroatoms. The molecule has 25 heavy (non-hydrogen) atoms. The molecule has 0 aliphatic carbocycles. The van der Waals surface area contributed by atoms with Crippen LogP contribution in [0.1, 0.15) is 5.56 Å². The predicted molar refractivity (Wildman–Crippen MR) is 104 cm³/mol. The lowest BCUT2D eigenvalue weighted by Gasteiger charge is -2.34. The number of anilines is 1. The number of hydrogen-bond donors (Lipinski definition) is 1. The Morgan fingerprint density at radius 1 is 0.960 bits per heavy atom. The summed E-state index contributed by atoms with van der Waals surface area (Å²) < 4.78 is 1.15. The Morgan fingerprint density at radius 3 is 2.60 bits per heavy atom. The molecular formula is C19H23N5S. The maximum absolute atomic E-state index is 4.38. The minimum Gasteiger partial charge on any atom is -0.367 e. The monoisotopic (exact) mass is 353 g/mol. The molecule has 3 aromatic rings.